The Bertz CT molecular complexity index is 1670. The van der Waals surface area contributed by atoms with E-state index in [-0.39, 0.29) is 17.0 Å². The standard InChI is InChI=1S/C25H23N3O5S/c1-4-17-21(23(30)31)22(29)28(18-9-7-14-6-5-13(2)11-16(14)18)24(32)27(17)15-8-10-19-20(12-15)34-25(33)26(19)3/h5-6,8,10-12,18H,4,7,9H2,1-3H3,(H,30,31). The molecule has 0 saturated carbocycles. The number of hydrogen-bond acceptors (Lipinski definition) is 5. The fraction of sp³-hybridized carbons (Fsp3) is 0.280. The van der Waals surface area contributed by atoms with Crippen molar-refractivity contribution in [2.75, 3.05) is 0 Å². The van der Waals surface area contributed by atoms with E-state index in [2.05, 4.69) is 0 Å². The Morgan fingerprint density at radius 3 is 2.62 bits per heavy atom. The molecule has 0 amide bonds. The average molecular weight is 478 g/mol. The highest BCUT2D eigenvalue weighted by Gasteiger charge is 2.31. The molecule has 1 aliphatic carbocycles. The molecule has 2 aromatic heterocycles. The highest BCUT2D eigenvalue weighted by Crippen LogP contribution is 2.34. The van der Waals surface area contributed by atoms with Crippen molar-refractivity contribution in [3.05, 3.63) is 94.9 Å². The van der Waals surface area contributed by atoms with Gasteiger partial charge in [-0.15, -0.1) is 0 Å². The maximum Gasteiger partial charge on any atom is 0.343 e. The van der Waals surface area contributed by atoms with Gasteiger partial charge in [0.1, 0.15) is 5.56 Å². The zero-order valence-electron chi connectivity index (χ0n) is 19.0. The van der Waals surface area contributed by atoms with Crippen molar-refractivity contribution in [1.82, 2.24) is 13.7 Å². The molecule has 0 saturated heterocycles. The first-order valence-corrected chi connectivity index (χ1v) is 11.9. The number of aromatic nitrogens is 3. The number of carboxylic acid groups (broad SMARTS) is 1. The summed E-state index contributed by atoms with van der Waals surface area (Å²) in [4.78, 5) is 51.6. The molecule has 0 fully saturated rings. The van der Waals surface area contributed by atoms with Gasteiger partial charge in [-0.25, -0.2) is 9.59 Å². The van der Waals surface area contributed by atoms with Gasteiger partial charge in [-0.05, 0) is 55.5 Å². The zero-order valence-corrected chi connectivity index (χ0v) is 19.8. The third-order valence-corrected chi connectivity index (χ3v) is 7.63. The summed E-state index contributed by atoms with van der Waals surface area (Å²) in [6.45, 7) is 3.66. The normalized spacial score (nSPS) is 15.1. The fourth-order valence-electron chi connectivity index (χ4n) is 4.99. The van der Waals surface area contributed by atoms with Crippen LogP contribution in [0.4, 0.5) is 0 Å². The van der Waals surface area contributed by atoms with E-state index in [0.717, 1.165) is 38.1 Å². The van der Waals surface area contributed by atoms with Crippen LogP contribution in [0.5, 0.6) is 0 Å². The summed E-state index contributed by atoms with van der Waals surface area (Å²) < 4.78 is 4.62. The minimum absolute atomic E-state index is 0.135. The number of thiazole rings is 1. The summed E-state index contributed by atoms with van der Waals surface area (Å²) in [5.74, 6) is -1.36. The van der Waals surface area contributed by atoms with Crippen molar-refractivity contribution in [2.45, 2.75) is 39.2 Å². The highest BCUT2D eigenvalue weighted by atomic mass is 32.1. The molecule has 1 N–H and O–H groups in total. The minimum Gasteiger partial charge on any atom is -0.477 e. The highest BCUT2D eigenvalue weighted by molar-refractivity contribution is 7.16. The SMILES string of the molecule is CCc1c(C(=O)O)c(=O)n(C2CCc3ccc(C)cc32)c(=O)n1-c1ccc2c(c1)sc(=O)n2C. The third kappa shape index (κ3) is 3.19. The first-order valence-electron chi connectivity index (χ1n) is 11.1. The third-order valence-electron chi connectivity index (χ3n) is 6.63. The van der Waals surface area contributed by atoms with E-state index < -0.39 is 28.8 Å². The van der Waals surface area contributed by atoms with Gasteiger partial charge < -0.3 is 9.67 Å². The summed E-state index contributed by atoms with van der Waals surface area (Å²) in [6.07, 6.45) is 1.42. The minimum atomic E-state index is -1.36. The van der Waals surface area contributed by atoms with Crippen LogP contribution in [0.1, 0.15) is 52.1 Å². The predicted molar refractivity (Wildman–Crippen MR) is 131 cm³/mol. The molecule has 9 heteroatoms. The smallest absolute Gasteiger partial charge is 0.343 e. The fourth-order valence-corrected chi connectivity index (χ4v) is 5.90. The molecular weight excluding hydrogens is 454 g/mol. The number of fused-ring (bicyclic) bond motifs is 2. The van der Waals surface area contributed by atoms with Gasteiger partial charge in [0.15, 0.2) is 0 Å². The van der Waals surface area contributed by atoms with Crippen molar-refractivity contribution in [2.24, 2.45) is 7.05 Å². The number of hydrogen-bond donors (Lipinski definition) is 1. The quantitative estimate of drug-likeness (QED) is 0.487. The van der Waals surface area contributed by atoms with E-state index in [4.69, 9.17) is 0 Å². The van der Waals surface area contributed by atoms with Gasteiger partial charge in [0.2, 0.25) is 0 Å². The van der Waals surface area contributed by atoms with Crippen LogP contribution in [0.15, 0.2) is 50.8 Å². The average Bonchev–Trinajstić information content (AvgIpc) is 3.32. The van der Waals surface area contributed by atoms with Crippen molar-refractivity contribution in [3.8, 4) is 5.69 Å². The van der Waals surface area contributed by atoms with Crippen LogP contribution in [-0.2, 0) is 19.9 Å². The molecule has 174 valence electrons. The number of carboxylic acids is 1. The number of rotatable bonds is 4. The molecule has 0 aliphatic heterocycles. The number of nitrogens with zero attached hydrogens (tertiary/aromatic N) is 3. The molecule has 1 unspecified atom stereocenters. The van der Waals surface area contributed by atoms with Crippen LogP contribution in [0.2, 0.25) is 0 Å². The molecule has 0 radical (unpaired) electrons. The summed E-state index contributed by atoms with van der Waals surface area (Å²) in [5, 5.41) is 9.99. The van der Waals surface area contributed by atoms with E-state index in [9.17, 15) is 24.3 Å². The van der Waals surface area contributed by atoms with E-state index >= 15 is 0 Å². The predicted octanol–water partition coefficient (Wildman–Crippen LogP) is 3.02. The monoisotopic (exact) mass is 477 g/mol. The zero-order chi connectivity index (χ0) is 24.3. The Morgan fingerprint density at radius 1 is 1.15 bits per heavy atom. The summed E-state index contributed by atoms with van der Waals surface area (Å²) in [7, 11) is 1.67. The van der Waals surface area contributed by atoms with E-state index in [1.165, 1.54) is 9.13 Å². The Kier molecular flexibility index (Phi) is 5.16. The summed E-state index contributed by atoms with van der Waals surface area (Å²) in [6, 6.07) is 10.5. The van der Waals surface area contributed by atoms with Gasteiger partial charge in [0, 0.05) is 12.7 Å². The van der Waals surface area contributed by atoms with Crippen LogP contribution < -0.4 is 16.1 Å². The molecule has 0 bridgehead atoms. The summed E-state index contributed by atoms with van der Waals surface area (Å²) in [5.41, 5.74) is 2.47. The summed E-state index contributed by atoms with van der Waals surface area (Å²) >= 11 is 1.05. The maximum absolute atomic E-state index is 13.9. The van der Waals surface area contributed by atoms with E-state index in [0.29, 0.717) is 23.2 Å². The largest absolute Gasteiger partial charge is 0.477 e. The molecule has 0 spiro atoms. The van der Waals surface area contributed by atoms with Crippen molar-refractivity contribution >= 4 is 27.5 Å². The Morgan fingerprint density at radius 2 is 1.91 bits per heavy atom. The Hall–Kier alpha value is -3.72. The lowest BCUT2D eigenvalue weighted by atomic mass is 10.0. The molecule has 2 heterocycles. The molecule has 34 heavy (non-hydrogen) atoms. The van der Waals surface area contributed by atoms with Gasteiger partial charge >= 0.3 is 16.5 Å². The van der Waals surface area contributed by atoms with Crippen LogP contribution in [0.25, 0.3) is 15.9 Å². The van der Waals surface area contributed by atoms with Crippen LogP contribution in [0.3, 0.4) is 0 Å². The Balaban J connectivity index is 1.85. The maximum atomic E-state index is 13.9. The topological polar surface area (TPSA) is 103 Å². The second kappa shape index (κ2) is 7.95. The van der Waals surface area contributed by atoms with Crippen LogP contribution >= 0.6 is 11.3 Å². The number of aromatic carboxylic acids is 1. The number of aryl methyl sites for hydroxylation is 3. The lowest BCUT2D eigenvalue weighted by Gasteiger charge is -2.21. The van der Waals surface area contributed by atoms with E-state index in [1.807, 2.05) is 25.1 Å². The molecule has 1 aliphatic rings. The van der Waals surface area contributed by atoms with Gasteiger partial charge in [-0.2, -0.15) is 0 Å². The Labute approximate surface area is 198 Å². The second-order valence-corrected chi connectivity index (χ2v) is 9.60. The van der Waals surface area contributed by atoms with Gasteiger partial charge in [-0.3, -0.25) is 18.7 Å². The molecule has 2 aromatic carbocycles. The van der Waals surface area contributed by atoms with Crippen molar-refractivity contribution < 1.29 is 9.90 Å². The van der Waals surface area contributed by atoms with Gasteiger partial charge in [-0.1, -0.05) is 42.0 Å². The van der Waals surface area contributed by atoms with Crippen molar-refractivity contribution in [1.29, 1.82) is 0 Å². The lowest BCUT2D eigenvalue weighted by Crippen LogP contribution is -2.46. The van der Waals surface area contributed by atoms with Crippen LogP contribution in [0, 0.1) is 6.92 Å². The molecular formula is C25H23N3O5S. The first-order chi connectivity index (χ1) is 16.2. The van der Waals surface area contributed by atoms with Gasteiger partial charge in [0.05, 0.1) is 21.9 Å². The van der Waals surface area contributed by atoms with Gasteiger partial charge in [0.25, 0.3) is 5.56 Å². The lowest BCUT2D eigenvalue weighted by molar-refractivity contribution is 0.0691. The van der Waals surface area contributed by atoms with E-state index in [1.54, 1.807) is 32.2 Å². The molecule has 8 nitrogen and oxygen atoms in total. The molecule has 5 rings (SSSR count). The number of carbonyl (C=O) groups is 1. The second-order valence-electron chi connectivity index (χ2n) is 8.61. The number of benzene rings is 2. The van der Waals surface area contributed by atoms with Crippen molar-refractivity contribution in [3.63, 3.8) is 0 Å². The van der Waals surface area contributed by atoms with Crippen LogP contribution in [-0.4, -0.2) is 24.8 Å². The molecule has 1 atom stereocenters. The first kappa shape index (κ1) is 22.1. The molecule has 4 aromatic rings.